The molecule has 7 nitrogen and oxygen atoms in total. The van der Waals surface area contributed by atoms with Crippen LogP contribution >= 0.6 is 11.3 Å². The van der Waals surface area contributed by atoms with Gasteiger partial charge in [0.15, 0.2) is 6.61 Å². The number of benzene rings is 1. The summed E-state index contributed by atoms with van der Waals surface area (Å²) in [6.07, 6.45) is 1.33. The maximum absolute atomic E-state index is 11.7. The topological polar surface area (TPSA) is 93.7 Å². The van der Waals surface area contributed by atoms with Crippen LogP contribution < -0.4 is 15.4 Å². The third kappa shape index (κ3) is 7.91. The number of amides is 3. The van der Waals surface area contributed by atoms with Gasteiger partial charge in [-0.15, -0.1) is 11.3 Å². The van der Waals surface area contributed by atoms with Crippen LogP contribution in [0.5, 0.6) is 5.75 Å². The quantitative estimate of drug-likeness (QED) is 0.641. The van der Waals surface area contributed by atoms with Crippen LogP contribution in [0.1, 0.15) is 16.9 Å². The first kappa shape index (κ1) is 20.4. The molecular weight excluding hydrogens is 368 g/mol. The lowest BCUT2D eigenvalue weighted by atomic mass is 10.1. The van der Waals surface area contributed by atoms with Gasteiger partial charge in [0.1, 0.15) is 5.75 Å². The van der Waals surface area contributed by atoms with Crippen molar-refractivity contribution in [1.29, 1.82) is 0 Å². The van der Waals surface area contributed by atoms with Crippen LogP contribution in [0, 0.1) is 0 Å². The molecule has 144 valence electrons. The van der Waals surface area contributed by atoms with E-state index in [1.54, 1.807) is 18.4 Å². The molecule has 0 bridgehead atoms. The van der Waals surface area contributed by atoms with Gasteiger partial charge in [0.25, 0.3) is 5.91 Å². The summed E-state index contributed by atoms with van der Waals surface area (Å²) in [5.41, 5.74) is 0.960. The highest BCUT2D eigenvalue weighted by Gasteiger charge is 2.11. The van der Waals surface area contributed by atoms with Gasteiger partial charge in [-0.3, -0.25) is 14.9 Å². The average Bonchev–Trinajstić information content (AvgIpc) is 3.18. The molecule has 27 heavy (non-hydrogen) atoms. The van der Waals surface area contributed by atoms with Crippen molar-refractivity contribution in [2.45, 2.75) is 19.3 Å². The Bertz CT molecular complexity index is 744. The summed E-state index contributed by atoms with van der Waals surface area (Å²) in [4.78, 5) is 36.1. The monoisotopic (exact) mass is 390 g/mol. The molecule has 1 aromatic carbocycles. The standard InChI is InChI=1S/C19H22N2O5S/c1-25-15-7-4-14(5-8-15)6-9-18(23)26-13-17(22)21-19(24)20-11-10-16-3-2-12-27-16/h2-5,7-8,12H,6,9-11,13H2,1H3,(H2,20,21,22,24). The van der Waals surface area contributed by atoms with Gasteiger partial charge in [-0.2, -0.15) is 0 Å². The second-order valence-corrected chi connectivity index (χ2v) is 6.67. The molecule has 0 aliphatic rings. The van der Waals surface area contributed by atoms with Gasteiger partial charge >= 0.3 is 12.0 Å². The summed E-state index contributed by atoms with van der Waals surface area (Å²) >= 11 is 1.60. The molecule has 2 N–H and O–H groups in total. The van der Waals surface area contributed by atoms with Crippen molar-refractivity contribution in [3.05, 3.63) is 52.2 Å². The van der Waals surface area contributed by atoms with Gasteiger partial charge < -0.3 is 14.8 Å². The van der Waals surface area contributed by atoms with E-state index in [4.69, 9.17) is 9.47 Å². The van der Waals surface area contributed by atoms with Gasteiger partial charge in [-0.1, -0.05) is 18.2 Å². The Morgan fingerprint density at radius 1 is 1.07 bits per heavy atom. The van der Waals surface area contributed by atoms with E-state index in [-0.39, 0.29) is 6.42 Å². The maximum atomic E-state index is 11.7. The zero-order valence-corrected chi connectivity index (χ0v) is 15.8. The Morgan fingerprint density at radius 3 is 2.52 bits per heavy atom. The highest BCUT2D eigenvalue weighted by atomic mass is 32.1. The number of urea groups is 1. The van der Waals surface area contributed by atoms with E-state index in [9.17, 15) is 14.4 Å². The minimum absolute atomic E-state index is 0.145. The maximum Gasteiger partial charge on any atom is 0.321 e. The number of aryl methyl sites for hydroxylation is 1. The Hall–Kier alpha value is -2.87. The molecule has 0 saturated heterocycles. The average molecular weight is 390 g/mol. The largest absolute Gasteiger partial charge is 0.497 e. The van der Waals surface area contributed by atoms with Crippen LogP contribution in [-0.2, 0) is 27.2 Å². The molecule has 0 radical (unpaired) electrons. The normalized spacial score (nSPS) is 10.1. The number of carbonyl (C=O) groups excluding carboxylic acids is 3. The zero-order chi connectivity index (χ0) is 19.5. The predicted molar refractivity (Wildman–Crippen MR) is 102 cm³/mol. The Balaban J connectivity index is 1.58. The summed E-state index contributed by atoms with van der Waals surface area (Å²) in [5.74, 6) is -0.424. The fourth-order valence-electron chi connectivity index (χ4n) is 2.22. The molecule has 8 heteroatoms. The first-order valence-electron chi connectivity index (χ1n) is 8.45. The molecule has 0 aliphatic heterocycles. The Labute approximate surface area is 161 Å². The molecule has 0 atom stereocenters. The van der Waals surface area contributed by atoms with Crippen molar-refractivity contribution >= 4 is 29.2 Å². The third-order valence-electron chi connectivity index (χ3n) is 3.63. The van der Waals surface area contributed by atoms with Crippen LogP contribution in [0.15, 0.2) is 41.8 Å². The van der Waals surface area contributed by atoms with Crippen LogP contribution in [-0.4, -0.2) is 38.2 Å². The number of esters is 1. The number of methoxy groups -OCH3 is 1. The molecule has 0 fully saturated rings. The molecule has 0 spiro atoms. The number of hydrogen-bond donors (Lipinski definition) is 2. The van der Waals surface area contributed by atoms with Gasteiger partial charge in [0.05, 0.1) is 7.11 Å². The SMILES string of the molecule is COc1ccc(CCC(=O)OCC(=O)NC(=O)NCCc2cccs2)cc1. The van der Waals surface area contributed by atoms with Gasteiger partial charge in [0, 0.05) is 17.8 Å². The van der Waals surface area contributed by atoms with Crippen molar-refractivity contribution in [1.82, 2.24) is 10.6 Å². The highest BCUT2D eigenvalue weighted by molar-refractivity contribution is 7.09. The van der Waals surface area contributed by atoms with E-state index in [1.807, 2.05) is 41.8 Å². The lowest BCUT2D eigenvalue weighted by molar-refractivity contribution is -0.148. The number of imide groups is 1. The Kier molecular flexibility index (Phi) is 8.31. The van der Waals surface area contributed by atoms with Crippen molar-refractivity contribution in [2.24, 2.45) is 0 Å². The van der Waals surface area contributed by atoms with E-state index in [1.165, 1.54) is 0 Å². The zero-order valence-electron chi connectivity index (χ0n) is 15.0. The van der Waals surface area contributed by atoms with E-state index in [0.717, 1.165) is 16.2 Å². The molecule has 3 amide bonds. The summed E-state index contributed by atoms with van der Waals surface area (Å²) in [6, 6.07) is 10.6. The van der Waals surface area contributed by atoms with E-state index < -0.39 is 24.5 Å². The van der Waals surface area contributed by atoms with Crippen LogP contribution in [0.25, 0.3) is 0 Å². The molecule has 2 rings (SSSR count). The van der Waals surface area contributed by atoms with E-state index in [2.05, 4.69) is 10.6 Å². The fraction of sp³-hybridized carbons (Fsp3) is 0.316. The van der Waals surface area contributed by atoms with Crippen LogP contribution in [0.4, 0.5) is 4.79 Å². The lowest BCUT2D eigenvalue weighted by Crippen LogP contribution is -2.42. The lowest BCUT2D eigenvalue weighted by Gasteiger charge is -2.07. The second kappa shape index (κ2) is 11.0. The van der Waals surface area contributed by atoms with Gasteiger partial charge in [-0.25, -0.2) is 4.79 Å². The van der Waals surface area contributed by atoms with Crippen LogP contribution in [0.3, 0.4) is 0 Å². The van der Waals surface area contributed by atoms with Gasteiger partial charge in [-0.05, 0) is 42.0 Å². The van der Waals surface area contributed by atoms with E-state index >= 15 is 0 Å². The third-order valence-corrected chi connectivity index (χ3v) is 4.57. The summed E-state index contributed by atoms with van der Waals surface area (Å²) in [5, 5.41) is 6.67. The fourth-order valence-corrected chi connectivity index (χ4v) is 2.93. The number of ether oxygens (including phenoxy) is 2. The molecule has 0 saturated carbocycles. The number of thiophene rings is 1. The number of rotatable bonds is 9. The minimum atomic E-state index is -0.665. The van der Waals surface area contributed by atoms with Crippen molar-refractivity contribution < 1.29 is 23.9 Å². The smallest absolute Gasteiger partial charge is 0.321 e. The molecule has 1 aromatic heterocycles. The van der Waals surface area contributed by atoms with Crippen molar-refractivity contribution in [3.8, 4) is 5.75 Å². The summed E-state index contributed by atoms with van der Waals surface area (Å²) in [7, 11) is 1.58. The molecule has 2 aromatic rings. The second-order valence-electron chi connectivity index (χ2n) is 5.64. The molecule has 1 heterocycles. The van der Waals surface area contributed by atoms with E-state index in [0.29, 0.717) is 19.4 Å². The molecule has 0 unspecified atom stereocenters. The number of nitrogens with one attached hydrogen (secondary N) is 2. The number of carbonyl (C=O) groups is 3. The summed E-state index contributed by atoms with van der Waals surface area (Å²) in [6.45, 7) is -0.0684. The molecule has 0 aliphatic carbocycles. The Morgan fingerprint density at radius 2 is 1.85 bits per heavy atom. The molecular formula is C19H22N2O5S. The first-order valence-corrected chi connectivity index (χ1v) is 9.33. The number of hydrogen-bond acceptors (Lipinski definition) is 6. The minimum Gasteiger partial charge on any atom is -0.497 e. The summed E-state index contributed by atoms with van der Waals surface area (Å²) < 4.78 is 9.95. The van der Waals surface area contributed by atoms with Crippen LogP contribution in [0.2, 0.25) is 0 Å². The van der Waals surface area contributed by atoms with Crippen molar-refractivity contribution in [3.63, 3.8) is 0 Å². The highest BCUT2D eigenvalue weighted by Crippen LogP contribution is 2.12. The first-order chi connectivity index (χ1) is 13.1. The predicted octanol–water partition coefficient (Wildman–Crippen LogP) is 2.30. The van der Waals surface area contributed by atoms with Gasteiger partial charge in [0.2, 0.25) is 0 Å². The van der Waals surface area contributed by atoms with Crippen molar-refractivity contribution in [2.75, 3.05) is 20.3 Å².